The molecule has 0 aromatic carbocycles. The van der Waals surface area contributed by atoms with Crippen LogP contribution in [0.15, 0.2) is 23.2 Å². The quantitative estimate of drug-likeness (QED) is 0.451. The molecule has 10 heteroatoms. The molecule has 7 nitrogen and oxygen atoms in total. The number of anilines is 1. The molecule has 0 bridgehead atoms. The van der Waals surface area contributed by atoms with E-state index in [9.17, 15) is 4.57 Å². The zero-order chi connectivity index (χ0) is 17.0. The third-order valence-electron chi connectivity index (χ3n) is 2.85. The van der Waals surface area contributed by atoms with Crippen LogP contribution >= 0.6 is 31.0 Å². The second-order valence-corrected chi connectivity index (χ2v) is 7.45. The Morgan fingerprint density at radius 3 is 2.52 bits per heavy atom. The molecule has 2 aromatic rings. The van der Waals surface area contributed by atoms with Crippen molar-refractivity contribution < 1.29 is 13.6 Å². The smallest absolute Gasteiger partial charge is 0.367 e. The lowest BCUT2D eigenvalue weighted by molar-refractivity contribution is 0.229. The zero-order valence-corrected chi connectivity index (χ0v) is 15.5. The van der Waals surface area contributed by atoms with Crippen LogP contribution in [0.2, 0.25) is 5.15 Å². The van der Waals surface area contributed by atoms with Gasteiger partial charge in [0.25, 0.3) is 0 Å². The number of pyridine rings is 1. The fraction of sp³-hybridized carbons (Fsp3) is 0.385. The van der Waals surface area contributed by atoms with Gasteiger partial charge in [-0.25, -0.2) is 4.98 Å². The summed E-state index contributed by atoms with van der Waals surface area (Å²) in [6.07, 6.45) is 1.81. The van der Waals surface area contributed by atoms with Crippen molar-refractivity contribution in [2.75, 3.05) is 25.2 Å². The first kappa shape index (κ1) is 18.3. The van der Waals surface area contributed by atoms with E-state index in [4.69, 9.17) is 26.4 Å². The molecule has 0 aliphatic heterocycles. The lowest BCUT2D eigenvalue weighted by atomic mass is 10.4. The summed E-state index contributed by atoms with van der Waals surface area (Å²) in [5.74, 6) is 0.588. The number of thioether (sulfide) groups is 1. The molecular formula is C13H18ClN4O3PS. The topological polar surface area (TPSA) is 92.3 Å². The fourth-order valence-electron chi connectivity index (χ4n) is 1.99. The molecule has 23 heavy (non-hydrogen) atoms. The molecule has 0 spiro atoms. The number of nitrogens with two attached hydrogens (primary N) is 1. The van der Waals surface area contributed by atoms with Crippen LogP contribution < -0.4 is 11.0 Å². The first-order valence-electron chi connectivity index (χ1n) is 6.91. The van der Waals surface area contributed by atoms with Gasteiger partial charge in [0, 0.05) is 0 Å². The van der Waals surface area contributed by atoms with Gasteiger partial charge in [0.2, 0.25) is 0 Å². The Labute approximate surface area is 144 Å². The number of hydrogen-bond acceptors (Lipinski definition) is 7. The third kappa shape index (κ3) is 3.72. The van der Waals surface area contributed by atoms with Gasteiger partial charge in [0.05, 0.1) is 13.2 Å². The number of rotatable bonds is 7. The highest BCUT2D eigenvalue weighted by molar-refractivity contribution is 7.99. The van der Waals surface area contributed by atoms with Crippen molar-refractivity contribution >= 4 is 42.1 Å². The molecule has 2 N–H and O–H groups in total. The molecule has 0 saturated carbocycles. The summed E-state index contributed by atoms with van der Waals surface area (Å²) in [6.45, 7) is 3.93. The van der Waals surface area contributed by atoms with Crippen LogP contribution in [0, 0.1) is 0 Å². The average Bonchev–Trinajstić information content (AvgIpc) is 2.85. The van der Waals surface area contributed by atoms with Crippen LogP contribution in [0.5, 0.6) is 0 Å². The van der Waals surface area contributed by atoms with Gasteiger partial charge in [0.15, 0.2) is 5.82 Å². The Morgan fingerprint density at radius 1 is 1.35 bits per heavy atom. The normalized spacial score (nSPS) is 11.8. The Hall–Kier alpha value is -1.05. The van der Waals surface area contributed by atoms with Gasteiger partial charge >= 0.3 is 7.60 Å². The predicted molar refractivity (Wildman–Crippen MR) is 93.1 cm³/mol. The monoisotopic (exact) mass is 376 g/mol. The average molecular weight is 377 g/mol. The van der Waals surface area contributed by atoms with Crippen molar-refractivity contribution in [3.63, 3.8) is 0 Å². The van der Waals surface area contributed by atoms with E-state index in [0.29, 0.717) is 16.0 Å². The number of halogens is 1. The van der Waals surface area contributed by atoms with E-state index in [2.05, 4.69) is 10.1 Å². The molecule has 0 atom stereocenters. The maximum Gasteiger partial charge on any atom is 0.367 e. The SMILES string of the molecule is CCOP(=O)(OCC)c1c(SC)nn(-c2cccc(Cl)n2)c1N. The van der Waals surface area contributed by atoms with E-state index < -0.39 is 7.60 Å². The van der Waals surface area contributed by atoms with E-state index in [0.717, 1.165) is 0 Å². The summed E-state index contributed by atoms with van der Waals surface area (Å²) < 4.78 is 25.3. The molecule has 0 aliphatic carbocycles. The van der Waals surface area contributed by atoms with Gasteiger partial charge < -0.3 is 14.8 Å². The van der Waals surface area contributed by atoms with Crippen molar-refractivity contribution in [2.45, 2.75) is 18.9 Å². The predicted octanol–water partition coefficient (Wildman–Crippen LogP) is 3.12. The lowest BCUT2D eigenvalue weighted by Crippen LogP contribution is -2.16. The van der Waals surface area contributed by atoms with Crippen molar-refractivity contribution in [3.05, 3.63) is 23.4 Å². The summed E-state index contributed by atoms with van der Waals surface area (Å²) in [5.41, 5.74) is 6.18. The van der Waals surface area contributed by atoms with E-state index >= 15 is 0 Å². The van der Waals surface area contributed by atoms with Crippen LogP contribution in [-0.4, -0.2) is 34.2 Å². The number of nitrogen functional groups attached to an aromatic ring is 1. The maximum absolute atomic E-state index is 13.1. The molecule has 0 aliphatic rings. The first-order chi connectivity index (χ1) is 11.0. The second-order valence-electron chi connectivity index (χ2n) is 4.31. The van der Waals surface area contributed by atoms with E-state index in [1.807, 2.05) is 6.26 Å². The minimum absolute atomic E-state index is 0.161. The Morgan fingerprint density at radius 2 is 2.00 bits per heavy atom. The molecule has 126 valence electrons. The second kappa shape index (κ2) is 7.68. The number of nitrogens with zero attached hydrogens (tertiary/aromatic N) is 3. The molecule has 2 rings (SSSR count). The summed E-state index contributed by atoms with van der Waals surface area (Å²) in [5, 5.41) is 5.41. The number of hydrogen-bond donors (Lipinski definition) is 1. The fourth-order valence-corrected chi connectivity index (χ4v) is 4.89. The molecule has 0 unspecified atom stereocenters. The highest BCUT2D eigenvalue weighted by Gasteiger charge is 2.36. The van der Waals surface area contributed by atoms with Gasteiger partial charge in [-0.15, -0.1) is 11.8 Å². The maximum atomic E-state index is 13.1. The highest BCUT2D eigenvalue weighted by Crippen LogP contribution is 2.50. The minimum atomic E-state index is -3.56. The van der Waals surface area contributed by atoms with Crippen molar-refractivity contribution in [2.24, 2.45) is 0 Å². The van der Waals surface area contributed by atoms with E-state index in [-0.39, 0.29) is 24.3 Å². The largest absolute Gasteiger partial charge is 0.383 e. The Kier molecular flexibility index (Phi) is 6.11. The first-order valence-corrected chi connectivity index (χ1v) is 10.1. The Balaban J connectivity index is 2.63. The number of aromatic nitrogens is 3. The van der Waals surface area contributed by atoms with Crippen LogP contribution in [0.1, 0.15) is 13.8 Å². The van der Waals surface area contributed by atoms with Gasteiger partial charge in [0.1, 0.15) is 21.3 Å². The third-order valence-corrected chi connectivity index (χ3v) is 6.07. The molecular weight excluding hydrogens is 359 g/mol. The molecule has 2 aromatic heterocycles. The van der Waals surface area contributed by atoms with Crippen LogP contribution in [-0.2, 0) is 13.6 Å². The minimum Gasteiger partial charge on any atom is -0.383 e. The van der Waals surface area contributed by atoms with Gasteiger partial charge in [-0.3, -0.25) is 4.57 Å². The molecule has 0 saturated heterocycles. The van der Waals surface area contributed by atoms with Crippen molar-refractivity contribution in [1.82, 2.24) is 14.8 Å². The van der Waals surface area contributed by atoms with Gasteiger partial charge in [-0.1, -0.05) is 17.7 Å². The summed E-state index contributed by atoms with van der Waals surface area (Å²) >= 11 is 7.22. The van der Waals surface area contributed by atoms with Crippen LogP contribution in [0.3, 0.4) is 0 Å². The van der Waals surface area contributed by atoms with Gasteiger partial charge in [-0.05, 0) is 32.2 Å². The molecule has 0 amide bonds. The van der Waals surface area contributed by atoms with Crippen LogP contribution in [0.4, 0.5) is 5.82 Å². The summed E-state index contributed by atoms with van der Waals surface area (Å²) in [4.78, 5) is 4.17. The lowest BCUT2D eigenvalue weighted by Gasteiger charge is -2.17. The van der Waals surface area contributed by atoms with Gasteiger partial charge in [-0.2, -0.15) is 9.78 Å². The Bertz CT molecular complexity index is 730. The zero-order valence-electron chi connectivity index (χ0n) is 13.0. The van der Waals surface area contributed by atoms with Crippen molar-refractivity contribution in [3.8, 4) is 5.82 Å². The van der Waals surface area contributed by atoms with E-state index in [1.165, 1.54) is 16.4 Å². The molecule has 0 fully saturated rings. The van der Waals surface area contributed by atoms with E-state index in [1.54, 1.807) is 32.0 Å². The summed E-state index contributed by atoms with van der Waals surface area (Å²) in [7, 11) is -3.56. The summed E-state index contributed by atoms with van der Waals surface area (Å²) in [6, 6.07) is 5.08. The highest BCUT2D eigenvalue weighted by atomic mass is 35.5. The molecule has 2 heterocycles. The molecule has 0 radical (unpaired) electrons. The standard InChI is InChI=1S/C13H18ClN4O3PS/c1-4-20-22(19,21-5-2)11-12(15)18(17-13(11)23-3)10-8-6-7-9(14)16-10/h6-8H,4-5,15H2,1-3H3. The van der Waals surface area contributed by atoms with Crippen molar-refractivity contribution in [1.29, 1.82) is 0 Å². The van der Waals surface area contributed by atoms with Crippen LogP contribution in [0.25, 0.3) is 5.82 Å².